The zero-order valence-electron chi connectivity index (χ0n) is 12.9. The molecule has 0 amide bonds. The van der Waals surface area contributed by atoms with Crippen molar-refractivity contribution >= 4 is 11.9 Å². The van der Waals surface area contributed by atoms with Gasteiger partial charge in [-0.1, -0.05) is 24.3 Å². The van der Waals surface area contributed by atoms with Crippen LogP contribution in [0.15, 0.2) is 24.3 Å². The first-order valence-electron chi connectivity index (χ1n) is 8.06. The van der Waals surface area contributed by atoms with Crippen LogP contribution < -0.4 is 10.6 Å². The summed E-state index contributed by atoms with van der Waals surface area (Å²) in [5.41, 5.74) is 8.61. The van der Waals surface area contributed by atoms with Gasteiger partial charge in [-0.05, 0) is 43.7 Å². The van der Waals surface area contributed by atoms with E-state index in [0.29, 0.717) is 17.9 Å². The highest BCUT2D eigenvalue weighted by Crippen LogP contribution is 2.40. The number of nitrogen functional groups attached to an aromatic ring is 1. The summed E-state index contributed by atoms with van der Waals surface area (Å²) in [4.78, 5) is 15.7. The molecule has 1 aliphatic heterocycles. The Morgan fingerprint density at radius 3 is 2.68 bits per heavy atom. The summed E-state index contributed by atoms with van der Waals surface area (Å²) in [6.07, 6.45) is 4.63. The van der Waals surface area contributed by atoms with Crippen molar-refractivity contribution in [2.75, 3.05) is 17.2 Å². The second-order valence-corrected chi connectivity index (χ2v) is 6.33. The molecule has 2 heterocycles. The number of rotatable bonds is 3. The monoisotopic (exact) mass is 295 g/mol. The van der Waals surface area contributed by atoms with Gasteiger partial charge in [0.2, 0.25) is 11.9 Å². The predicted octanol–water partition coefficient (Wildman–Crippen LogP) is 2.98. The first kappa shape index (κ1) is 13.5. The molecular weight excluding hydrogens is 274 g/mol. The predicted molar refractivity (Wildman–Crippen MR) is 86.7 cm³/mol. The minimum atomic E-state index is 0.343. The van der Waals surface area contributed by atoms with Gasteiger partial charge in [-0.15, -0.1) is 0 Å². The van der Waals surface area contributed by atoms with Crippen LogP contribution in [0.5, 0.6) is 0 Å². The molecule has 0 bridgehead atoms. The van der Waals surface area contributed by atoms with Gasteiger partial charge >= 0.3 is 0 Å². The van der Waals surface area contributed by atoms with E-state index >= 15 is 0 Å². The number of nitrogens with zero attached hydrogens (tertiary/aromatic N) is 4. The van der Waals surface area contributed by atoms with Crippen molar-refractivity contribution in [3.8, 4) is 0 Å². The molecule has 114 valence electrons. The van der Waals surface area contributed by atoms with Crippen molar-refractivity contribution in [3.63, 3.8) is 0 Å². The number of benzene rings is 1. The molecule has 1 aliphatic carbocycles. The molecule has 5 nitrogen and oxygen atoms in total. The van der Waals surface area contributed by atoms with Crippen molar-refractivity contribution < 1.29 is 0 Å². The van der Waals surface area contributed by atoms with Gasteiger partial charge in [0.1, 0.15) is 5.82 Å². The number of hydrogen-bond acceptors (Lipinski definition) is 5. The Balaban J connectivity index is 1.70. The van der Waals surface area contributed by atoms with Gasteiger partial charge in [0, 0.05) is 12.5 Å². The molecule has 2 aliphatic rings. The summed E-state index contributed by atoms with van der Waals surface area (Å²) in [5, 5.41) is 0. The summed E-state index contributed by atoms with van der Waals surface area (Å²) in [7, 11) is 0. The van der Waals surface area contributed by atoms with Gasteiger partial charge in [-0.2, -0.15) is 15.0 Å². The van der Waals surface area contributed by atoms with Gasteiger partial charge in [0.15, 0.2) is 0 Å². The van der Waals surface area contributed by atoms with E-state index in [2.05, 4.69) is 46.1 Å². The third-order valence-corrected chi connectivity index (χ3v) is 4.66. The Hall–Kier alpha value is -2.17. The highest BCUT2D eigenvalue weighted by atomic mass is 15.3. The molecule has 1 saturated carbocycles. The Bertz CT molecular complexity index is 695. The van der Waals surface area contributed by atoms with Gasteiger partial charge in [0.25, 0.3) is 0 Å². The van der Waals surface area contributed by atoms with Crippen LogP contribution in [0.4, 0.5) is 11.9 Å². The lowest BCUT2D eigenvalue weighted by atomic mass is 9.99. The average molecular weight is 295 g/mol. The van der Waals surface area contributed by atoms with Crippen molar-refractivity contribution in [1.29, 1.82) is 0 Å². The van der Waals surface area contributed by atoms with Crippen LogP contribution in [0.25, 0.3) is 0 Å². The summed E-state index contributed by atoms with van der Waals surface area (Å²) >= 11 is 0. The minimum absolute atomic E-state index is 0.343. The van der Waals surface area contributed by atoms with E-state index in [0.717, 1.165) is 31.2 Å². The second-order valence-electron chi connectivity index (χ2n) is 6.33. The standard InChI is InChI=1S/C17H21N5/c1-11-5-2-3-6-13(11)14-7-4-10-22(14)17-20-15(12-8-9-12)19-16(18)21-17/h2-3,5-6,12,14H,4,7-10H2,1H3,(H2,18,19,20,21). The van der Waals surface area contributed by atoms with Crippen LogP contribution in [0.2, 0.25) is 0 Å². The van der Waals surface area contributed by atoms with Crippen LogP contribution in [0.1, 0.15) is 54.6 Å². The summed E-state index contributed by atoms with van der Waals surface area (Å²) < 4.78 is 0. The first-order chi connectivity index (χ1) is 10.7. The third-order valence-electron chi connectivity index (χ3n) is 4.66. The van der Waals surface area contributed by atoms with Gasteiger partial charge in [-0.25, -0.2) is 0 Å². The molecule has 1 saturated heterocycles. The van der Waals surface area contributed by atoms with E-state index in [1.165, 1.54) is 24.0 Å². The van der Waals surface area contributed by atoms with E-state index in [1.807, 2.05) is 0 Å². The molecule has 1 unspecified atom stereocenters. The van der Waals surface area contributed by atoms with Crippen LogP contribution >= 0.6 is 0 Å². The lowest BCUT2D eigenvalue weighted by Gasteiger charge is -2.26. The third kappa shape index (κ3) is 2.40. The van der Waals surface area contributed by atoms with Gasteiger partial charge in [0.05, 0.1) is 6.04 Å². The number of aromatic nitrogens is 3. The van der Waals surface area contributed by atoms with E-state index in [1.54, 1.807) is 0 Å². The molecule has 2 fully saturated rings. The molecule has 4 rings (SSSR count). The number of anilines is 2. The van der Waals surface area contributed by atoms with Crippen molar-refractivity contribution in [3.05, 3.63) is 41.2 Å². The van der Waals surface area contributed by atoms with Gasteiger partial charge < -0.3 is 10.6 Å². The van der Waals surface area contributed by atoms with E-state index in [4.69, 9.17) is 10.7 Å². The van der Waals surface area contributed by atoms with Crippen molar-refractivity contribution in [1.82, 2.24) is 15.0 Å². The highest BCUT2D eigenvalue weighted by Gasteiger charge is 2.32. The summed E-state index contributed by atoms with van der Waals surface area (Å²) in [6.45, 7) is 3.15. The molecule has 0 spiro atoms. The minimum Gasteiger partial charge on any atom is -0.368 e. The fourth-order valence-electron chi connectivity index (χ4n) is 3.34. The van der Waals surface area contributed by atoms with Crippen LogP contribution in [-0.4, -0.2) is 21.5 Å². The summed E-state index contributed by atoms with van der Waals surface area (Å²) in [5.74, 6) is 2.46. The van der Waals surface area contributed by atoms with Gasteiger partial charge in [-0.3, -0.25) is 0 Å². The largest absolute Gasteiger partial charge is 0.368 e. The zero-order valence-corrected chi connectivity index (χ0v) is 12.9. The molecule has 1 aromatic heterocycles. The van der Waals surface area contributed by atoms with E-state index in [9.17, 15) is 0 Å². The topological polar surface area (TPSA) is 67.9 Å². The number of nitrogens with two attached hydrogens (primary N) is 1. The SMILES string of the molecule is Cc1ccccc1C1CCCN1c1nc(N)nc(C2CC2)n1. The van der Waals surface area contributed by atoms with Crippen LogP contribution in [0.3, 0.4) is 0 Å². The smallest absolute Gasteiger partial charge is 0.230 e. The van der Waals surface area contributed by atoms with Crippen molar-refractivity contribution in [2.24, 2.45) is 0 Å². The summed E-state index contributed by atoms with van der Waals surface area (Å²) in [6, 6.07) is 8.92. The normalized spacial score (nSPS) is 21.3. The molecule has 1 atom stereocenters. The Morgan fingerprint density at radius 1 is 1.09 bits per heavy atom. The lowest BCUT2D eigenvalue weighted by molar-refractivity contribution is 0.690. The second kappa shape index (κ2) is 5.23. The molecule has 2 aromatic rings. The Morgan fingerprint density at radius 2 is 1.91 bits per heavy atom. The molecule has 22 heavy (non-hydrogen) atoms. The average Bonchev–Trinajstić information content (AvgIpc) is 3.25. The van der Waals surface area contributed by atoms with E-state index in [-0.39, 0.29) is 0 Å². The lowest BCUT2D eigenvalue weighted by Crippen LogP contribution is -2.26. The molecule has 0 radical (unpaired) electrons. The molecule has 2 N–H and O–H groups in total. The number of hydrogen-bond donors (Lipinski definition) is 1. The molecular formula is C17H21N5. The fraction of sp³-hybridized carbons (Fsp3) is 0.471. The highest BCUT2D eigenvalue weighted by molar-refractivity contribution is 5.43. The molecule has 1 aromatic carbocycles. The maximum atomic E-state index is 5.92. The van der Waals surface area contributed by atoms with Crippen molar-refractivity contribution in [2.45, 2.75) is 44.6 Å². The quantitative estimate of drug-likeness (QED) is 0.942. The molecule has 5 heteroatoms. The first-order valence-corrected chi connectivity index (χ1v) is 8.06. The maximum absolute atomic E-state index is 5.92. The zero-order chi connectivity index (χ0) is 15.1. The Kier molecular flexibility index (Phi) is 3.21. The van der Waals surface area contributed by atoms with E-state index < -0.39 is 0 Å². The maximum Gasteiger partial charge on any atom is 0.230 e. The fourth-order valence-corrected chi connectivity index (χ4v) is 3.34. The number of aryl methyl sites for hydroxylation is 1. The van der Waals surface area contributed by atoms with Crippen LogP contribution in [-0.2, 0) is 0 Å². The Labute approximate surface area is 130 Å². The van der Waals surface area contributed by atoms with Crippen LogP contribution in [0, 0.1) is 6.92 Å².